The number of halogens is 1. The number of nitrogens with zero attached hydrogens (tertiary/aromatic N) is 3. The van der Waals surface area contributed by atoms with Crippen LogP contribution in [0.25, 0.3) is 26.7 Å². The molecule has 0 saturated carbocycles. The van der Waals surface area contributed by atoms with Crippen molar-refractivity contribution >= 4 is 72.9 Å². The molecule has 3 aromatic heterocycles. The van der Waals surface area contributed by atoms with Gasteiger partial charge in [0, 0.05) is 34.3 Å². The summed E-state index contributed by atoms with van der Waals surface area (Å²) in [5, 5.41) is 11.7. The van der Waals surface area contributed by atoms with Crippen molar-refractivity contribution in [3.63, 3.8) is 0 Å². The number of ether oxygens (including phenoxy) is 1. The maximum absolute atomic E-state index is 12.6. The van der Waals surface area contributed by atoms with Gasteiger partial charge in [0.2, 0.25) is 5.28 Å². The minimum Gasteiger partial charge on any atom is -0.494 e. The second-order valence-electron chi connectivity index (χ2n) is 7.65. The molecule has 0 aliphatic carbocycles. The lowest BCUT2D eigenvalue weighted by atomic mass is 10.1. The molecule has 0 saturated heterocycles. The Morgan fingerprint density at radius 3 is 3.00 bits per heavy atom. The molecule has 10 heteroatoms. The van der Waals surface area contributed by atoms with Gasteiger partial charge in [-0.3, -0.25) is 4.79 Å². The zero-order valence-electron chi connectivity index (χ0n) is 18.0. The minimum absolute atomic E-state index is 0.0502. The van der Waals surface area contributed by atoms with Crippen molar-refractivity contribution in [3.8, 4) is 0 Å². The summed E-state index contributed by atoms with van der Waals surface area (Å²) < 4.78 is 6.55. The van der Waals surface area contributed by atoms with Crippen molar-refractivity contribution in [3.05, 3.63) is 52.8 Å². The number of carbonyl (C=O) groups is 1. The molecule has 1 aliphatic heterocycles. The number of nitrogens with one attached hydrogen (secondary N) is 3. The lowest BCUT2D eigenvalue weighted by Gasteiger charge is -2.13. The smallest absolute Gasteiger partial charge is 0.263 e. The van der Waals surface area contributed by atoms with Gasteiger partial charge in [-0.05, 0) is 49.7 Å². The molecule has 168 valence electrons. The molecular weight excluding hydrogens is 460 g/mol. The lowest BCUT2D eigenvalue weighted by Crippen LogP contribution is -2.34. The van der Waals surface area contributed by atoms with E-state index in [0.29, 0.717) is 41.0 Å². The maximum Gasteiger partial charge on any atom is 0.263 e. The number of amides is 1. The summed E-state index contributed by atoms with van der Waals surface area (Å²) in [4.78, 5) is 26.4. The molecule has 4 aromatic rings. The van der Waals surface area contributed by atoms with Gasteiger partial charge in [0.05, 0.1) is 23.4 Å². The van der Waals surface area contributed by atoms with Crippen LogP contribution in [-0.2, 0) is 4.74 Å². The average Bonchev–Trinajstić information content (AvgIpc) is 3.10. The number of rotatable bonds is 5. The largest absolute Gasteiger partial charge is 0.494 e. The third-order valence-electron chi connectivity index (χ3n) is 5.32. The zero-order valence-corrected chi connectivity index (χ0v) is 19.6. The number of hydrogen-bond donors (Lipinski definition) is 3. The molecule has 0 fully saturated rings. The summed E-state index contributed by atoms with van der Waals surface area (Å²) in [6.45, 7) is 8.94. The van der Waals surface area contributed by atoms with Gasteiger partial charge in [-0.2, -0.15) is 4.98 Å². The van der Waals surface area contributed by atoms with E-state index in [2.05, 4.69) is 32.5 Å². The highest BCUT2D eigenvalue weighted by molar-refractivity contribution is 7.21. The highest BCUT2D eigenvalue weighted by atomic mass is 35.5. The first-order chi connectivity index (χ1) is 15.9. The number of benzene rings is 1. The Morgan fingerprint density at radius 2 is 2.18 bits per heavy atom. The van der Waals surface area contributed by atoms with Crippen LogP contribution >= 0.6 is 22.9 Å². The van der Waals surface area contributed by atoms with Crippen molar-refractivity contribution in [1.82, 2.24) is 20.3 Å². The molecule has 3 N–H and O–H groups in total. The van der Waals surface area contributed by atoms with Gasteiger partial charge < -0.3 is 20.7 Å². The number of anilines is 3. The van der Waals surface area contributed by atoms with E-state index in [1.165, 1.54) is 11.3 Å². The summed E-state index contributed by atoms with van der Waals surface area (Å²) >= 11 is 7.51. The average molecular weight is 481 g/mol. The molecule has 1 aliphatic rings. The van der Waals surface area contributed by atoms with Gasteiger partial charge in [-0.1, -0.05) is 6.58 Å². The number of aromatic nitrogens is 3. The Morgan fingerprint density at radius 1 is 1.33 bits per heavy atom. The molecule has 0 radical (unpaired) electrons. The van der Waals surface area contributed by atoms with Crippen molar-refractivity contribution in [1.29, 1.82) is 0 Å². The van der Waals surface area contributed by atoms with Crippen LogP contribution in [0, 0.1) is 0 Å². The van der Waals surface area contributed by atoms with Gasteiger partial charge in [-0.25, -0.2) is 9.97 Å². The Balaban J connectivity index is 1.57. The third kappa shape index (κ3) is 3.94. The molecular formula is C23H21ClN6O2S. The lowest BCUT2D eigenvalue weighted by molar-refractivity contribution is 0.0949. The van der Waals surface area contributed by atoms with E-state index in [-0.39, 0.29) is 17.2 Å². The Hall–Kier alpha value is -3.43. The van der Waals surface area contributed by atoms with E-state index in [4.69, 9.17) is 21.3 Å². The third-order valence-corrected chi connectivity index (χ3v) is 6.65. The fourth-order valence-electron chi connectivity index (χ4n) is 3.83. The summed E-state index contributed by atoms with van der Waals surface area (Å²) in [7, 11) is 0. The quantitative estimate of drug-likeness (QED) is 0.267. The van der Waals surface area contributed by atoms with Crippen molar-refractivity contribution in [2.75, 3.05) is 23.8 Å². The van der Waals surface area contributed by atoms with E-state index in [1.807, 2.05) is 38.1 Å². The number of fused-ring (bicyclic) bond motifs is 5. The molecule has 1 aromatic carbocycles. The topological polar surface area (TPSA) is 101 Å². The van der Waals surface area contributed by atoms with Crippen LogP contribution in [0.2, 0.25) is 5.28 Å². The van der Waals surface area contributed by atoms with Crippen molar-refractivity contribution in [2.24, 2.45) is 0 Å². The predicted octanol–water partition coefficient (Wildman–Crippen LogP) is 5.19. The SMILES string of the molecule is C=C(OCC)c1cnc(Cl)nc1Nc1ccc2c(ccc3sc4c(c32)NC[C@@H](C)NC4=O)n1. The monoisotopic (exact) mass is 480 g/mol. The van der Waals surface area contributed by atoms with Gasteiger partial charge in [0.1, 0.15) is 22.3 Å². The fourth-order valence-corrected chi connectivity index (χ4v) is 5.06. The highest BCUT2D eigenvalue weighted by Gasteiger charge is 2.24. The van der Waals surface area contributed by atoms with Gasteiger partial charge in [-0.15, -0.1) is 11.3 Å². The minimum atomic E-state index is -0.0502. The standard InChI is InChI=1S/C23H21ClN6O2S/c1-4-32-12(3)14-10-26-23(24)30-21(14)29-17-8-5-13-15(28-17)6-7-16-18(13)19-20(33-16)22(31)27-11(2)9-25-19/h5-8,10-11,25H,3-4,9H2,1-2H3,(H,27,31)(H,26,28,29,30)/t11-/m1/s1. The molecule has 1 atom stereocenters. The fraction of sp³-hybridized carbons (Fsp3) is 0.217. The Labute approximate surface area is 199 Å². The van der Waals surface area contributed by atoms with Crippen LogP contribution in [-0.4, -0.2) is 40.1 Å². The zero-order chi connectivity index (χ0) is 23.1. The number of pyridine rings is 1. The van der Waals surface area contributed by atoms with Crippen LogP contribution in [0.15, 0.2) is 37.0 Å². The van der Waals surface area contributed by atoms with Gasteiger partial charge in [0.15, 0.2) is 0 Å². The van der Waals surface area contributed by atoms with Crippen LogP contribution < -0.4 is 16.0 Å². The van der Waals surface area contributed by atoms with E-state index < -0.39 is 0 Å². The molecule has 4 heterocycles. The molecule has 1 amide bonds. The Bertz CT molecular complexity index is 1420. The number of hydrogen-bond acceptors (Lipinski definition) is 8. The normalized spacial score (nSPS) is 15.5. The van der Waals surface area contributed by atoms with Crippen LogP contribution in [0.1, 0.15) is 29.1 Å². The first kappa shape index (κ1) is 21.4. The first-order valence-electron chi connectivity index (χ1n) is 10.5. The summed E-state index contributed by atoms with van der Waals surface area (Å²) in [6.07, 6.45) is 1.57. The maximum atomic E-state index is 12.6. The first-order valence-corrected chi connectivity index (χ1v) is 11.7. The number of carbonyl (C=O) groups excluding carboxylic acids is 1. The highest BCUT2D eigenvalue weighted by Crippen LogP contribution is 2.41. The predicted molar refractivity (Wildman–Crippen MR) is 134 cm³/mol. The van der Waals surface area contributed by atoms with Crippen molar-refractivity contribution in [2.45, 2.75) is 19.9 Å². The molecule has 0 unspecified atom stereocenters. The van der Waals surface area contributed by atoms with Gasteiger partial charge >= 0.3 is 0 Å². The summed E-state index contributed by atoms with van der Waals surface area (Å²) in [6, 6.07) is 7.86. The molecule has 0 bridgehead atoms. The second kappa shape index (κ2) is 8.49. The van der Waals surface area contributed by atoms with E-state index in [9.17, 15) is 4.79 Å². The summed E-state index contributed by atoms with van der Waals surface area (Å²) in [5.74, 6) is 1.44. The summed E-state index contributed by atoms with van der Waals surface area (Å²) in [5.41, 5.74) is 2.26. The van der Waals surface area contributed by atoms with Crippen LogP contribution in [0.3, 0.4) is 0 Å². The molecule has 8 nitrogen and oxygen atoms in total. The van der Waals surface area contributed by atoms with Crippen molar-refractivity contribution < 1.29 is 9.53 Å². The van der Waals surface area contributed by atoms with E-state index >= 15 is 0 Å². The number of thiophene rings is 1. The molecule has 0 spiro atoms. The van der Waals surface area contributed by atoms with Crippen LogP contribution in [0.5, 0.6) is 0 Å². The van der Waals surface area contributed by atoms with E-state index in [1.54, 1.807) is 6.20 Å². The molecule has 5 rings (SSSR count). The Kier molecular flexibility index (Phi) is 5.51. The molecule has 33 heavy (non-hydrogen) atoms. The van der Waals surface area contributed by atoms with Gasteiger partial charge in [0.25, 0.3) is 5.91 Å². The van der Waals surface area contributed by atoms with Crippen LogP contribution in [0.4, 0.5) is 17.3 Å². The van der Waals surface area contributed by atoms with E-state index in [0.717, 1.165) is 26.7 Å². The second-order valence-corrected chi connectivity index (χ2v) is 9.04.